The molecule has 6 heteroatoms. The maximum atomic E-state index is 11.1. The Hall–Kier alpha value is -0.380. The van der Waals surface area contributed by atoms with E-state index >= 15 is 0 Å². The highest BCUT2D eigenvalue weighted by Crippen LogP contribution is 2.33. The van der Waals surface area contributed by atoms with Gasteiger partial charge in [-0.3, -0.25) is 15.3 Å². The Morgan fingerprint density at radius 3 is 2.42 bits per heavy atom. The van der Waals surface area contributed by atoms with Crippen LogP contribution in [0, 0.1) is 0 Å². The van der Waals surface area contributed by atoms with Gasteiger partial charge in [-0.1, -0.05) is 0 Å². The minimum Gasteiger partial charge on any atom is -0.323 e. The van der Waals surface area contributed by atoms with E-state index in [1.807, 2.05) is 0 Å². The van der Waals surface area contributed by atoms with Crippen LogP contribution in [0.15, 0.2) is 0 Å². The van der Waals surface area contributed by atoms with E-state index in [0.29, 0.717) is 11.3 Å². The highest BCUT2D eigenvalue weighted by Gasteiger charge is 2.08. The summed E-state index contributed by atoms with van der Waals surface area (Å²) < 4.78 is 11.1. The maximum absolute atomic E-state index is 11.1. The highest BCUT2D eigenvalue weighted by molar-refractivity contribution is 7.62. The molecule has 0 aliphatic rings. The van der Waals surface area contributed by atoms with Crippen LogP contribution in [-0.4, -0.2) is 42.5 Å². The molecule has 0 rings (SSSR count). The van der Waals surface area contributed by atoms with E-state index in [0.717, 1.165) is 0 Å². The number of carbonyl (C=O) groups is 1. The Bertz CT molecular complexity index is 201. The first kappa shape index (κ1) is 11.6. The van der Waals surface area contributed by atoms with Crippen LogP contribution in [-0.2, 0) is 9.36 Å². The number of hydrogen-bond donors (Lipinski definition) is 2. The predicted molar refractivity (Wildman–Crippen MR) is 46.6 cm³/mol. The highest BCUT2D eigenvalue weighted by atomic mass is 31.2. The number of hydroxylamine groups is 2. The van der Waals surface area contributed by atoms with Crippen molar-refractivity contribution < 1.29 is 14.6 Å². The topological polar surface area (TPSA) is 69.6 Å². The lowest BCUT2D eigenvalue weighted by Gasteiger charge is -2.14. The molecule has 0 saturated heterocycles. The SMILES string of the molecule is CC(=O)N(O)CNCP(C)(C)=O. The molecular formula is C6H15N2O3P. The van der Waals surface area contributed by atoms with Gasteiger partial charge in [0.2, 0.25) is 5.91 Å². The molecule has 0 heterocycles. The van der Waals surface area contributed by atoms with Crippen molar-refractivity contribution in [3.63, 3.8) is 0 Å². The van der Waals surface area contributed by atoms with Crippen molar-refractivity contribution in [1.29, 1.82) is 0 Å². The molecule has 0 aliphatic heterocycles. The first-order valence-electron chi connectivity index (χ1n) is 3.54. The molecule has 0 atom stereocenters. The van der Waals surface area contributed by atoms with Crippen molar-refractivity contribution in [3.05, 3.63) is 0 Å². The van der Waals surface area contributed by atoms with Gasteiger partial charge in [0.05, 0.1) is 20.1 Å². The Morgan fingerprint density at radius 1 is 1.58 bits per heavy atom. The van der Waals surface area contributed by atoms with Crippen LogP contribution >= 0.6 is 7.14 Å². The fourth-order valence-corrected chi connectivity index (χ4v) is 1.17. The Morgan fingerprint density at radius 2 is 2.08 bits per heavy atom. The fourth-order valence-electron chi connectivity index (χ4n) is 0.536. The second-order valence-corrected chi connectivity index (χ2v) is 6.52. The second kappa shape index (κ2) is 4.60. The lowest BCUT2D eigenvalue weighted by atomic mass is 10.7. The summed E-state index contributed by atoms with van der Waals surface area (Å²) in [5.74, 6) is -0.440. The Labute approximate surface area is 72.1 Å². The van der Waals surface area contributed by atoms with E-state index in [2.05, 4.69) is 5.32 Å². The van der Waals surface area contributed by atoms with Crippen molar-refractivity contribution in [1.82, 2.24) is 10.4 Å². The van der Waals surface area contributed by atoms with E-state index in [9.17, 15) is 9.36 Å². The molecule has 0 spiro atoms. The van der Waals surface area contributed by atoms with Crippen LogP contribution in [0.4, 0.5) is 0 Å². The van der Waals surface area contributed by atoms with Crippen LogP contribution in [0.25, 0.3) is 0 Å². The minimum absolute atomic E-state index is 0.0149. The largest absolute Gasteiger partial charge is 0.323 e. The molecule has 0 aromatic heterocycles. The van der Waals surface area contributed by atoms with E-state index < -0.39 is 13.0 Å². The number of hydrogen-bond acceptors (Lipinski definition) is 4. The molecule has 0 saturated carbocycles. The van der Waals surface area contributed by atoms with Gasteiger partial charge in [0.25, 0.3) is 0 Å². The normalized spacial score (nSPS) is 11.3. The summed E-state index contributed by atoms with van der Waals surface area (Å²) in [5, 5.41) is 12.1. The van der Waals surface area contributed by atoms with Gasteiger partial charge in [-0.15, -0.1) is 0 Å². The number of nitrogens with zero attached hydrogens (tertiary/aromatic N) is 1. The maximum Gasteiger partial charge on any atom is 0.244 e. The van der Waals surface area contributed by atoms with Crippen LogP contribution in [0.5, 0.6) is 0 Å². The molecule has 5 nitrogen and oxygen atoms in total. The number of carbonyl (C=O) groups excluding carboxylic acids is 1. The van der Waals surface area contributed by atoms with Crippen molar-refractivity contribution in [2.24, 2.45) is 0 Å². The number of amides is 1. The van der Waals surface area contributed by atoms with Gasteiger partial charge in [0, 0.05) is 6.92 Å². The zero-order valence-corrected chi connectivity index (χ0v) is 8.47. The average molecular weight is 194 g/mol. The summed E-state index contributed by atoms with van der Waals surface area (Å²) in [6, 6.07) is 0. The summed E-state index contributed by atoms with van der Waals surface area (Å²) in [6.07, 6.45) is 0.317. The lowest BCUT2D eigenvalue weighted by molar-refractivity contribution is -0.163. The average Bonchev–Trinajstić information content (AvgIpc) is 1.84. The van der Waals surface area contributed by atoms with Gasteiger partial charge in [-0.05, 0) is 13.3 Å². The first-order chi connectivity index (χ1) is 5.33. The third kappa shape index (κ3) is 6.34. The van der Waals surface area contributed by atoms with Crippen molar-refractivity contribution in [3.8, 4) is 0 Å². The van der Waals surface area contributed by atoms with Gasteiger partial charge < -0.3 is 4.57 Å². The Balaban J connectivity index is 3.58. The van der Waals surface area contributed by atoms with Crippen LogP contribution < -0.4 is 5.32 Å². The number of nitrogens with one attached hydrogen (secondary N) is 1. The fraction of sp³-hybridized carbons (Fsp3) is 0.833. The van der Waals surface area contributed by atoms with Gasteiger partial charge >= 0.3 is 0 Å². The summed E-state index contributed by atoms with van der Waals surface area (Å²) in [6.45, 7) is 4.53. The van der Waals surface area contributed by atoms with E-state index in [4.69, 9.17) is 5.21 Å². The summed E-state index contributed by atoms with van der Waals surface area (Å²) in [4.78, 5) is 10.5. The monoisotopic (exact) mass is 194 g/mol. The molecule has 0 bridgehead atoms. The van der Waals surface area contributed by atoms with Crippen LogP contribution in [0.2, 0.25) is 0 Å². The zero-order chi connectivity index (χ0) is 9.78. The van der Waals surface area contributed by atoms with Gasteiger partial charge in [-0.2, -0.15) is 0 Å². The molecule has 0 aliphatic carbocycles. The molecule has 0 fully saturated rings. The number of rotatable bonds is 4. The smallest absolute Gasteiger partial charge is 0.244 e. The summed E-state index contributed by atoms with van der Waals surface area (Å²) in [7, 11) is -2.11. The van der Waals surface area contributed by atoms with E-state index in [-0.39, 0.29) is 6.67 Å². The van der Waals surface area contributed by atoms with Crippen molar-refractivity contribution in [2.45, 2.75) is 6.92 Å². The minimum atomic E-state index is -2.11. The van der Waals surface area contributed by atoms with Gasteiger partial charge in [-0.25, -0.2) is 5.06 Å². The third-order valence-corrected chi connectivity index (χ3v) is 2.10. The lowest BCUT2D eigenvalue weighted by Crippen LogP contribution is -2.35. The molecular weight excluding hydrogens is 179 g/mol. The molecule has 12 heavy (non-hydrogen) atoms. The first-order valence-corrected chi connectivity index (χ1v) is 6.33. The molecule has 72 valence electrons. The van der Waals surface area contributed by atoms with Gasteiger partial charge in [0.15, 0.2) is 0 Å². The molecule has 2 N–H and O–H groups in total. The van der Waals surface area contributed by atoms with Crippen LogP contribution in [0.3, 0.4) is 0 Å². The molecule has 0 aromatic carbocycles. The zero-order valence-electron chi connectivity index (χ0n) is 7.57. The summed E-state index contributed by atoms with van der Waals surface area (Å²) in [5.41, 5.74) is 0. The third-order valence-electron chi connectivity index (χ3n) is 1.12. The van der Waals surface area contributed by atoms with Gasteiger partial charge in [0.1, 0.15) is 0 Å². The second-order valence-electron chi connectivity index (χ2n) is 3.06. The molecule has 0 aromatic rings. The summed E-state index contributed by atoms with van der Waals surface area (Å²) >= 11 is 0. The quantitative estimate of drug-likeness (QED) is 0.293. The standard InChI is InChI=1S/C6H15N2O3P/c1-6(9)8(10)4-7-5-12(2,3)11/h7,10H,4-5H2,1-3H3. The van der Waals surface area contributed by atoms with E-state index in [1.54, 1.807) is 13.3 Å². The van der Waals surface area contributed by atoms with E-state index in [1.165, 1.54) is 6.92 Å². The Kier molecular flexibility index (Phi) is 4.45. The molecule has 1 amide bonds. The predicted octanol–water partition coefficient (Wildman–Crippen LogP) is 0.351. The van der Waals surface area contributed by atoms with Crippen molar-refractivity contribution in [2.75, 3.05) is 26.3 Å². The van der Waals surface area contributed by atoms with Crippen LogP contribution in [0.1, 0.15) is 6.92 Å². The van der Waals surface area contributed by atoms with Crippen molar-refractivity contribution >= 4 is 13.0 Å². The molecule has 0 unspecified atom stereocenters. The molecule has 0 radical (unpaired) electrons.